The Balaban J connectivity index is 2.03. The maximum absolute atomic E-state index is 11.4. The van der Waals surface area contributed by atoms with E-state index < -0.39 is 5.91 Å². The number of carbonyl (C=O) groups is 1. The molecule has 0 radical (unpaired) electrons. The van der Waals surface area contributed by atoms with E-state index in [-0.39, 0.29) is 6.04 Å². The smallest absolute Gasteiger partial charge is 0.249 e. The molecule has 0 heterocycles. The van der Waals surface area contributed by atoms with Crippen LogP contribution < -0.4 is 15.8 Å². The van der Waals surface area contributed by atoms with E-state index in [2.05, 4.69) is 12.2 Å². The quantitative estimate of drug-likeness (QED) is 0.857. The second kappa shape index (κ2) is 6.90. The number of carbonyl (C=O) groups excluding carboxylic acids is 1. The van der Waals surface area contributed by atoms with Crippen molar-refractivity contribution in [3.05, 3.63) is 65.2 Å². The first-order chi connectivity index (χ1) is 10.1. The molecule has 0 bridgehead atoms. The molecule has 4 nitrogen and oxygen atoms in total. The maximum atomic E-state index is 11.4. The summed E-state index contributed by atoms with van der Waals surface area (Å²) in [6.45, 7) is 2.67. The molecule has 0 saturated heterocycles. The number of rotatable bonds is 6. The second-order valence-corrected chi connectivity index (χ2v) is 4.90. The third-order valence-electron chi connectivity index (χ3n) is 3.50. The highest BCUT2D eigenvalue weighted by molar-refractivity contribution is 5.94. The van der Waals surface area contributed by atoms with Gasteiger partial charge in [0.05, 0.1) is 7.11 Å². The third kappa shape index (κ3) is 3.83. The van der Waals surface area contributed by atoms with Gasteiger partial charge in [-0.3, -0.25) is 4.79 Å². The summed E-state index contributed by atoms with van der Waals surface area (Å²) in [6.07, 6.45) is 0. The molecule has 0 aliphatic heterocycles. The van der Waals surface area contributed by atoms with Crippen molar-refractivity contribution in [2.75, 3.05) is 7.11 Å². The SMILES string of the molecule is COc1ccc([C@@H](C)NCc2ccccc2C(N)=O)cc1. The van der Waals surface area contributed by atoms with Gasteiger partial charge in [-0.25, -0.2) is 0 Å². The monoisotopic (exact) mass is 284 g/mol. The number of benzene rings is 2. The van der Waals surface area contributed by atoms with Crippen LogP contribution in [0.25, 0.3) is 0 Å². The van der Waals surface area contributed by atoms with Crippen molar-refractivity contribution < 1.29 is 9.53 Å². The minimum atomic E-state index is -0.399. The standard InChI is InChI=1S/C17H20N2O2/c1-12(13-7-9-15(21-2)10-8-13)19-11-14-5-3-4-6-16(14)17(18)20/h3-10,12,19H,11H2,1-2H3,(H2,18,20)/t12-/m1/s1. The number of methoxy groups -OCH3 is 1. The van der Waals surface area contributed by atoms with Crippen molar-refractivity contribution >= 4 is 5.91 Å². The summed E-state index contributed by atoms with van der Waals surface area (Å²) < 4.78 is 5.15. The molecule has 4 heteroatoms. The van der Waals surface area contributed by atoms with Crippen molar-refractivity contribution in [2.24, 2.45) is 5.73 Å². The van der Waals surface area contributed by atoms with Gasteiger partial charge in [-0.2, -0.15) is 0 Å². The maximum Gasteiger partial charge on any atom is 0.249 e. The zero-order chi connectivity index (χ0) is 15.2. The zero-order valence-corrected chi connectivity index (χ0v) is 12.3. The molecule has 21 heavy (non-hydrogen) atoms. The van der Waals surface area contributed by atoms with E-state index in [1.165, 1.54) is 0 Å². The number of primary amides is 1. The van der Waals surface area contributed by atoms with Crippen LogP contribution in [0.2, 0.25) is 0 Å². The molecular weight excluding hydrogens is 264 g/mol. The molecule has 2 aromatic rings. The Hall–Kier alpha value is -2.33. The Morgan fingerprint density at radius 3 is 2.48 bits per heavy atom. The van der Waals surface area contributed by atoms with Gasteiger partial charge in [0, 0.05) is 18.2 Å². The van der Waals surface area contributed by atoms with E-state index in [4.69, 9.17) is 10.5 Å². The van der Waals surface area contributed by atoms with E-state index in [0.29, 0.717) is 12.1 Å². The number of amides is 1. The molecule has 0 aliphatic carbocycles. The molecule has 1 atom stereocenters. The van der Waals surface area contributed by atoms with Gasteiger partial charge in [-0.1, -0.05) is 30.3 Å². The summed E-state index contributed by atoms with van der Waals surface area (Å²) in [7, 11) is 1.65. The Labute approximate surface area is 124 Å². The molecule has 0 saturated carbocycles. The summed E-state index contributed by atoms with van der Waals surface area (Å²) in [5, 5.41) is 3.40. The zero-order valence-electron chi connectivity index (χ0n) is 12.3. The molecule has 3 N–H and O–H groups in total. The fourth-order valence-corrected chi connectivity index (χ4v) is 2.19. The van der Waals surface area contributed by atoms with Gasteiger partial charge >= 0.3 is 0 Å². The lowest BCUT2D eigenvalue weighted by Gasteiger charge is -2.16. The molecule has 0 aliphatic rings. The summed E-state index contributed by atoms with van der Waals surface area (Å²) in [4.78, 5) is 11.4. The van der Waals surface area contributed by atoms with Crippen LogP contribution >= 0.6 is 0 Å². The Kier molecular flexibility index (Phi) is 4.95. The molecule has 1 amide bonds. The van der Waals surface area contributed by atoms with Crippen molar-refractivity contribution in [1.82, 2.24) is 5.32 Å². The molecule has 0 spiro atoms. The molecular formula is C17H20N2O2. The highest BCUT2D eigenvalue weighted by atomic mass is 16.5. The molecule has 2 rings (SSSR count). The molecule has 0 fully saturated rings. The van der Waals surface area contributed by atoms with Crippen LogP contribution in [0.15, 0.2) is 48.5 Å². The van der Waals surface area contributed by atoms with Crippen LogP contribution in [0.3, 0.4) is 0 Å². The largest absolute Gasteiger partial charge is 0.497 e. The first kappa shape index (κ1) is 15.1. The van der Waals surface area contributed by atoms with Crippen molar-refractivity contribution in [3.8, 4) is 5.75 Å². The van der Waals surface area contributed by atoms with E-state index >= 15 is 0 Å². The van der Waals surface area contributed by atoms with Crippen LogP contribution in [-0.4, -0.2) is 13.0 Å². The topological polar surface area (TPSA) is 64.3 Å². The molecule has 2 aromatic carbocycles. The predicted molar refractivity (Wildman–Crippen MR) is 83.2 cm³/mol. The number of ether oxygens (including phenoxy) is 1. The van der Waals surface area contributed by atoms with Gasteiger partial charge in [-0.15, -0.1) is 0 Å². The minimum absolute atomic E-state index is 0.164. The normalized spacial score (nSPS) is 11.9. The lowest BCUT2D eigenvalue weighted by atomic mass is 10.1. The molecule has 110 valence electrons. The fraction of sp³-hybridized carbons (Fsp3) is 0.235. The first-order valence-corrected chi connectivity index (χ1v) is 6.87. The molecule has 0 aromatic heterocycles. The van der Waals surface area contributed by atoms with E-state index in [1.807, 2.05) is 42.5 Å². The van der Waals surface area contributed by atoms with Gasteiger partial charge in [-0.05, 0) is 36.2 Å². The van der Waals surface area contributed by atoms with Crippen molar-refractivity contribution in [3.63, 3.8) is 0 Å². The van der Waals surface area contributed by atoms with Gasteiger partial charge in [0.15, 0.2) is 0 Å². The summed E-state index contributed by atoms with van der Waals surface area (Å²) in [5.74, 6) is 0.439. The number of nitrogens with two attached hydrogens (primary N) is 1. The molecule has 0 unspecified atom stereocenters. The van der Waals surface area contributed by atoms with E-state index in [0.717, 1.165) is 16.9 Å². The summed E-state index contributed by atoms with van der Waals surface area (Å²) in [5.41, 5.74) is 8.01. The van der Waals surface area contributed by atoms with Gasteiger partial charge in [0.2, 0.25) is 5.91 Å². The number of nitrogens with one attached hydrogen (secondary N) is 1. The Bertz CT molecular complexity index is 608. The minimum Gasteiger partial charge on any atom is -0.497 e. The van der Waals surface area contributed by atoms with Gasteiger partial charge in [0.1, 0.15) is 5.75 Å². The summed E-state index contributed by atoms with van der Waals surface area (Å²) >= 11 is 0. The first-order valence-electron chi connectivity index (χ1n) is 6.87. The van der Waals surface area contributed by atoms with Crippen LogP contribution in [0, 0.1) is 0 Å². The predicted octanol–water partition coefficient (Wildman–Crippen LogP) is 2.64. The fourth-order valence-electron chi connectivity index (χ4n) is 2.19. The highest BCUT2D eigenvalue weighted by Gasteiger charge is 2.09. The van der Waals surface area contributed by atoms with E-state index in [1.54, 1.807) is 13.2 Å². The van der Waals surface area contributed by atoms with Gasteiger partial charge < -0.3 is 15.8 Å². The van der Waals surface area contributed by atoms with E-state index in [9.17, 15) is 4.79 Å². The number of hydrogen-bond acceptors (Lipinski definition) is 3. The average Bonchev–Trinajstić information content (AvgIpc) is 2.52. The lowest BCUT2D eigenvalue weighted by Crippen LogP contribution is -2.21. The highest BCUT2D eigenvalue weighted by Crippen LogP contribution is 2.18. The lowest BCUT2D eigenvalue weighted by molar-refractivity contribution is 0.0999. The third-order valence-corrected chi connectivity index (χ3v) is 3.50. The summed E-state index contributed by atoms with van der Waals surface area (Å²) in [6, 6.07) is 15.5. The number of hydrogen-bond donors (Lipinski definition) is 2. The van der Waals surface area contributed by atoms with Crippen molar-refractivity contribution in [1.29, 1.82) is 0 Å². The second-order valence-electron chi connectivity index (χ2n) is 4.90. The van der Waals surface area contributed by atoms with Gasteiger partial charge in [0.25, 0.3) is 0 Å². The van der Waals surface area contributed by atoms with Crippen molar-refractivity contribution in [2.45, 2.75) is 19.5 Å². The van der Waals surface area contributed by atoms with Crippen LogP contribution in [0.1, 0.15) is 34.5 Å². The van der Waals surface area contributed by atoms with Crippen LogP contribution in [-0.2, 0) is 6.54 Å². The Morgan fingerprint density at radius 2 is 1.86 bits per heavy atom. The van der Waals surface area contributed by atoms with Crippen LogP contribution in [0.4, 0.5) is 0 Å². The van der Waals surface area contributed by atoms with Crippen LogP contribution in [0.5, 0.6) is 5.75 Å². The average molecular weight is 284 g/mol. The Morgan fingerprint density at radius 1 is 1.19 bits per heavy atom.